The van der Waals surface area contributed by atoms with Crippen molar-refractivity contribution in [3.8, 4) is 11.1 Å². The molecule has 0 unspecified atom stereocenters. The van der Waals surface area contributed by atoms with Gasteiger partial charge in [-0.15, -0.1) is 0 Å². The molecular formula is C24H24N2O2. The van der Waals surface area contributed by atoms with Gasteiger partial charge in [-0.05, 0) is 42.7 Å². The number of carbonyl (C=O) groups excluding carboxylic acids is 2. The van der Waals surface area contributed by atoms with Gasteiger partial charge in [0.1, 0.15) is 6.04 Å². The molecule has 0 fully saturated rings. The summed E-state index contributed by atoms with van der Waals surface area (Å²) in [4.78, 5) is 24.5. The van der Waals surface area contributed by atoms with Crippen LogP contribution < -0.4 is 11.1 Å². The summed E-state index contributed by atoms with van der Waals surface area (Å²) in [7, 11) is 0. The zero-order valence-corrected chi connectivity index (χ0v) is 16.1. The standard InChI is InChI=1S/C24H24N2O2/c1-16-12-17(2)14-21(13-16)24(28)26-22(23(25)27)15-18-8-10-20(11-9-18)19-6-4-3-5-7-19/h3-14,22H,15H2,1-2H3,(H2,25,27)(H,26,28)/t22-/m0/s1. The number of benzene rings is 3. The Morgan fingerprint density at radius 3 is 2.00 bits per heavy atom. The zero-order valence-electron chi connectivity index (χ0n) is 16.1. The molecule has 0 aliphatic carbocycles. The van der Waals surface area contributed by atoms with E-state index >= 15 is 0 Å². The van der Waals surface area contributed by atoms with E-state index in [1.54, 1.807) is 12.1 Å². The minimum Gasteiger partial charge on any atom is -0.368 e. The molecule has 0 aromatic heterocycles. The highest BCUT2D eigenvalue weighted by atomic mass is 16.2. The number of hydrogen-bond acceptors (Lipinski definition) is 2. The molecule has 0 saturated heterocycles. The molecule has 3 N–H and O–H groups in total. The summed E-state index contributed by atoms with van der Waals surface area (Å²) in [6.07, 6.45) is 0.348. The predicted molar refractivity (Wildman–Crippen MR) is 112 cm³/mol. The lowest BCUT2D eigenvalue weighted by atomic mass is 10.00. The predicted octanol–water partition coefficient (Wildman–Crippen LogP) is 3.80. The van der Waals surface area contributed by atoms with Gasteiger partial charge < -0.3 is 11.1 Å². The van der Waals surface area contributed by atoms with Crippen LogP contribution in [0.4, 0.5) is 0 Å². The first-order chi connectivity index (χ1) is 13.4. The molecule has 0 radical (unpaired) electrons. The molecule has 0 saturated carbocycles. The van der Waals surface area contributed by atoms with Crippen molar-refractivity contribution in [3.63, 3.8) is 0 Å². The molecule has 0 heterocycles. The van der Waals surface area contributed by atoms with Gasteiger partial charge in [0.05, 0.1) is 0 Å². The molecule has 142 valence electrons. The smallest absolute Gasteiger partial charge is 0.251 e. The minimum atomic E-state index is -0.768. The molecule has 3 rings (SSSR count). The summed E-state index contributed by atoms with van der Waals surface area (Å²) in [6.45, 7) is 3.87. The largest absolute Gasteiger partial charge is 0.368 e. The Bertz CT molecular complexity index is 959. The molecule has 0 spiro atoms. The molecular weight excluding hydrogens is 348 g/mol. The van der Waals surface area contributed by atoms with Crippen LogP contribution in [0.3, 0.4) is 0 Å². The molecule has 3 aromatic carbocycles. The van der Waals surface area contributed by atoms with Crippen LogP contribution in [0.5, 0.6) is 0 Å². The lowest BCUT2D eigenvalue weighted by molar-refractivity contribution is -0.119. The summed E-state index contributed by atoms with van der Waals surface area (Å²) in [5, 5.41) is 2.77. The summed E-state index contributed by atoms with van der Waals surface area (Å²) in [6, 6.07) is 22.8. The van der Waals surface area contributed by atoms with Gasteiger partial charge in [0.2, 0.25) is 5.91 Å². The summed E-state index contributed by atoms with van der Waals surface area (Å²) in [5.74, 6) is -0.846. The van der Waals surface area contributed by atoms with Crippen molar-refractivity contribution in [1.82, 2.24) is 5.32 Å². The quantitative estimate of drug-likeness (QED) is 0.691. The van der Waals surface area contributed by atoms with E-state index in [1.165, 1.54) is 0 Å². The SMILES string of the molecule is Cc1cc(C)cc(C(=O)N[C@@H](Cc2ccc(-c3ccccc3)cc2)C(N)=O)c1. The van der Waals surface area contributed by atoms with Crippen molar-refractivity contribution in [3.05, 3.63) is 95.1 Å². The van der Waals surface area contributed by atoms with E-state index in [2.05, 4.69) is 5.32 Å². The first-order valence-corrected chi connectivity index (χ1v) is 9.25. The number of primary amides is 1. The first-order valence-electron chi connectivity index (χ1n) is 9.25. The number of rotatable bonds is 6. The van der Waals surface area contributed by atoms with Crippen LogP contribution in [0.1, 0.15) is 27.0 Å². The van der Waals surface area contributed by atoms with Crippen LogP contribution in [-0.2, 0) is 11.2 Å². The molecule has 3 aromatic rings. The van der Waals surface area contributed by atoms with E-state index in [9.17, 15) is 9.59 Å². The molecule has 4 nitrogen and oxygen atoms in total. The van der Waals surface area contributed by atoms with E-state index in [4.69, 9.17) is 5.73 Å². The lowest BCUT2D eigenvalue weighted by Gasteiger charge is -2.16. The molecule has 0 aliphatic rings. The number of nitrogens with two attached hydrogens (primary N) is 1. The van der Waals surface area contributed by atoms with Gasteiger partial charge in [0.25, 0.3) is 5.91 Å². The van der Waals surface area contributed by atoms with Crippen molar-refractivity contribution in [2.75, 3.05) is 0 Å². The molecule has 2 amide bonds. The average Bonchev–Trinajstić information content (AvgIpc) is 2.68. The molecule has 4 heteroatoms. The maximum absolute atomic E-state index is 12.6. The normalized spacial score (nSPS) is 11.6. The third kappa shape index (κ3) is 4.86. The minimum absolute atomic E-state index is 0.295. The van der Waals surface area contributed by atoms with Gasteiger partial charge in [0.15, 0.2) is 0 Å². The van der Waals surface area contributed by atoms with Gasteiger partial charge in [-0.2, -0.15) is 0 Å². The number of carbonyl (C=O) groups is 2. The van der Waals surface area contributed by atoms with Gasteiger partial charge in [-0.3, -0.25) is 9.59 Å². The summed E-state index contributed by atoms with van der Waals surface area (Å²) >= 11 is 0. The maximum atomic E-state index is 12.6. The van der Waals surface area contributed by atoms with Gasteiger partial charge in [0, 0.05) is 12.0 Å². The van der Waals surface area contributed by atoms with E-state index in [-0.39, 0.29) is 5.91 Å². The van der Waals surface area contributed by atoms with E-state index < -0.39 is 11.9 Å². The van der Waals surface area contributed by atoms with Crippen molar-refractivity contribution in [2.24, 2.45) is 5.73 Å². The fraction of sp³-hybridized carbons (Fsp3) is 0.167. The third-order valence-corrected chi connectivity index (χ3v) is 4.63. The van der Waals surface area contributed by atoms with Crippen LogP contribution >= 0.6 is 0 Å². The Balaban J connectivity index is 1.72. The topological polar surface area (TPSA) is 72.2 Å². The average molecular weight is 372 g/mol. The second kappa shape index (κ2) is 8.53. The summed E-state index contributed by atoms with van der Waals surface area (Å²) < 4.78 is 0. The Morgan fingerprint density at radius 2 is 1.43 bits per heavy atom. The maximum Gasteiger partial charge on any atom is 0.251 e. The Labute approximate surface area is 165 Å². The van der Waals surface area contributed by atoms with Crippen LogP contribution in [0.25, 0.3) is 11.1 Å². The molecule has 28 heavy (non-hydrogen) atoms. The highest BCUT2D eigenvalue weighted by Gasteiger charge is 2.20. The zero-order chi connectivity index (χ0) is 20.1. The van der Waals surface area contributed by atoms with E-state index in [1.807, 2.05) is 74.5 Å². The molecule has 0 bridgehead atoms. The van der Waals surface area contributed by atoms with Crippen LogP contribution in [0.15, 0.2) is 72.8 Å². The Morgan fingerprint density at radius 1 is 0.857 bits per heavy atom. The van der Waals surface area contributed by atoms with Crippen LogP contribution in [-0.4, -0.2) is 17.9 Å². The van der Waals surface area contributed by atoms with Gasteiger partial charge >= 0.3 is 0 Å². The first kappa shape index (κ1) is 19.4. The van der Waals surface area contributed by atoms with E-state index in [0.29, 0.717) is 12.0 Å². The van der Waals surface area contributed by atoms with Gasteiger partial charge in [-0.1, -0.05) is 71.8 Å². The lowest BCUT2D eigenvalue weighted by Crippen LogP contribution is -2.45. The highest BCUT2D eigenvalue weighted by molar-refractivity contribution is 5.97. The number of hydrogen-bond donors (Lipinski definition) is 2. The Kier molecular flexibility index (Phi) is 5.90. The van der Waals surface area contributed by atoms with Crippen molar-refractivity contribution in [2.45, 2.75) is 26.3 Å². The molecule has 1 atom stereocenters. The fourth-order valence-corrected chi connectivity index (χ4v) is 3.27. The summed E-state index contributed by atoms with van der Waals surface area (Å²) in [5.41, 5.74) is 11.2. The van der Waals surface area contributed by atoms with Crippen molar-refractivity contribution in [1.29, 1.82) is 0 Å². The third-order valence-electron chi connectivity index (χ3n) is 4.63. The number of nitrogens with one attached hydrogen (secondary N) is 1. The van der Waals surface area contributed by atoms with Crippen molar-refractivity contribution < 1.29 is 9.59 Å². The van der Waals surface area contributed by atoms with Crippen molar-refractivity contribution >= 4 is 11.8 Å². The second-order valence-corrected chi connectivity index (χ2v) is 7.07. The van der Waals surface area contributed by atoms with E-state index in [0.717, 1.165) is 27.8 Å². The fourth-order valence-electron chi connectivity index (χ4n) is 3.27. The highest BCUT2D eigenvalue weighted by Crippen LogP contribution is 2.20. The molecule has 0 aliphatic heterocycles. The van der Waals surface area contributed by atoms with Crippen LogP contribution in [0.2, 0.25) is 0 Å². The van der Waals surface area contributed by atoms with Gasteiger partial charge in [-0.25, -0.2) is 0 Å². The second-order valence-electron chi connectivity index (χ2n) is 7.07. The van der Waals surface area contributed by atoms with Crippen LogP contribution in [0, 0.1) is 13.8 Å². The number of amides is 2. The Hall–Kier alpha value is -3.40. The number of aryl methyl sites for hydroxylation is 2. The monoisotopic (exact) mass is 372 g/mol.